The summed E-state index contributed by atoms with van der Waals surface area (Å²) in [6.45, 7) is 3.70. The van der Waals surface area contributed by atoms with Crippen molar-refractivity contribution in [3.8, 4) is 0 Å². The summed E-state index contributed by atoms with van der Waals surface area (Å²) < 4.78 is 2.08. The summed E-state index contributed by atoms with van der Waals surface area (Å²) >= 11 is 0. The number of hydrogen-bond acceptors (Lipinski definition) is 3. The zero-order chi connectivity index (χ0) is 16.4. The fourth-order valence-corrected chi connectivity index (χ4v) is 3.60. The average Bonchev–Trinajstić information content (AvgIpc) is 3.13. The quantitative estimate of drug-likeness (QED) is 0.905. The molecule has 1 fully saturated rings. The van der Waals surface area contributed by atoms with Gasteiger partial charge in [-0.05, 0) is 50.9 Å². The second-order valence-electron chi connectivity index (χ2n) is 6.50. The third kappa shape index (κ3) is 3.17. The number of hydrogen-bond donors (Lipinski definition) is 2. The molecule has 0 saturated carbocycles. The van der Waals surface area contributed by atoms with Crippen LogP contribution in [0.2, 0.25) is 0 Å². The maximum absolute atomic E-state index is 12.3. The van der Waals surface area contributed by atoms with Crippen LogP contribution >= 0.6 is 0 Å². The number of carbonyl (C=O) groups is 1. The lowest BCUT2D eigenvalue weighted by Crippen LogP contribution is -2.42. The highest BCUT2D eigenvalue weighted by molar-refractivity contribution is 5.93. The Morgan fingerprint density at radius 1 is 1.48 bits per heavy atom. The second-order valence-corrected chi connectivity index (χ2v) is 6.50. The van der Waals surface area contributed by atoms with E-state index in [4.69, 9.17) is 0 Å². The van der Waals surface area contributed by atoms with Gasteiger partial charge in [-0.1, -0.05) is 0 Å². The first kappa shape index (κ1) is 15.8. The molecule has 2 aromatic rings. The van der Waals surface area contributed by atoms with Crippen molar-refractivity contribution < 1.29 is 4.79 Å². The van der Waals surface area contributed by atoms with Crippen LogP contribution in [0.1, 0.15) is 40.6 Å². The number of rotatable bonds is 4. The number of amides is 1. The van der Waals surface area contributed by atoms with Crippen molar-refractivity contribution in [3.63, 3.8) is 0 Å². The van der Waals surface area contributed by atoms with E-state index in [0.717, 1.165) is 24.9 Å². The summed E-state index contributed by atoms with van der Waals surface area (Å²) in [6, 6.07) is 2.21. The van der Waals surface area contributed by atoms with E-state index in [1.165, 1.54) is 5.69 Å². The lowest BCUT2D eigenvalue weighted by Gasteiger charge is -2.39. The molecule has 0 radical (unpaired) electrons. The Balaban J connectivity index is 1.71. The van der Waals surface area contributed by atoms with Crippen molar-refractivity contribution >= 4 is 5.91 Å². The van der Waals surface area contributed by atoms with Crippen molar-refractivity contribution in [1.82, 2.24) is 24.8 Å². The lowest BCUT2D eigenvalue weighted by molar-refractivity contribution is 0.0877. The van der Waals surface area contributed by atoms with Crippen LogP contribution in [0.15, 0.2) is 24.8 Å². The maximum Gasteiger partial charge on any atom is 0.267 e. The molecule has 3 rings (SSSR count). The topological polar surface area (TPSA) is 66.0 Å². The zero-order valence-electron chi connectivity index (χ0n) is 14.0. The molecule has 1 amide bonds. The van der Waals surface area contributed by atoms with Crippen LogP contribution in [0.25, 0.3) is 0 Å². The largest absolute Gasteiger partial charge is 0.357 e. The number of imidazole rings is 1. The minimum Gasteiger partial charge on any atom is -0.357 e. The number of likely N-dealkylation sites (tertiary alicyclic amines) is 1. The summed E-state index contributed by atoms with van der Waals surface area (Å²) in [6.07, 6.45) is 7.86. The monoisotopic (exact) mass is 315 g/mol. The van der Waals surface area contributed by atoms with Gasteiger partial charge in [-0.15, -0.1) is 0 Å². The Morgan fingerprint density at radius 3 is 2.96 bits per heavy atom. The number of nitrogens with one attached hydrogen (secondary N) is 2. The van der Waals surface area contributed by atoms with Crippen LogP contribution in [-0.2, 0) is 7.05 Å². The predicted molar refractivity (Wildman–Crippen MR) is 89.2 cm³/mol. The molecule has 124 valence electrons. The van der Waals surface area contributed by atoms with Crippen LogP contribution in [-0.4, -0.2) is 45.5 Å². The van der Waals surface area contributed by atoms with Crippen molar-refractivity contribution in [2.45, 2.75) is 25.8 Å². The molecule has 23 heavy (non-hydrogen) atoms. The van der Waals surface area contributed by atoms with E-state index in [9.17, 15) is 4.79 Å². The highest BCUT2D eigenvalue weighted by atomic mass is 16.1. The first-order valence-electron chi connectivity index (χ1n) is 8.16. The smallest absolute Gasteiger partial charge is 0.267 e. The highest BCUT2D eigenvalue weighted by Gasteiger charge is 2.32. The van der Waals surface area contributed by atoms with Gasteiger partial charge in [0.2, 0.25) is 0 Å². The molecule has 6 heteroatoms. The molecular formula is C17H25N5O. The SMILES string of the molecule is Cc1cc[nH]c1C(=O)NC[C@@H]1CCCN(C)[C@H]1c1cncn1C. The molecular weight excluding hydrogens is 290 g/mol. The number of carbonyl (C=O) groups excluding carboxylic acids is 1. The van der Waals surface area contributed by atoms with Gasteiger partial charge in [-0.2, -0.15) is 0 Å². The van der Waals surface area contributed by atoms with Crippen molar-refractivity contribution in [1.29, 1.82) is 0 Å². The Kier molecular flexibility index (Phi) is 4.52. The fourth-order valence-electron chi connectivity index (χ4n) is 3.60. The lowest BCUT2D eigenvalue weighted by atomic mass is 9.87. The number of H-pyrrole nitrogens is 1. The Bertz CT molecular complexity index is 674. The van der Waals surface area contributed by atoms with E-state index in [0.29, 0.717) is 24.2 Å². The Morgan fingerprint density at radius 2 is 2.30 bits per heavy atom. The van der Waals surface area contributed by atoms with E-state index in [-0.39, 0.29) is 5.91 Å². The normalized spacial score (nSPS) is 22.2. The van der Waals surface area contributed by atoms with Crippen molar-refractivity contribution in [2.24, 2.45) is 13.0 Å². The van der Waals surface area contributed by atoms with Gasteiger partial charge >= 0.3 is 0 Å². The van der Waals surface area contributed by atoms with Crippen LogP contribution in [0, 0.1) is 12.8 Å². The molecule has 1 aliphatic heterocycles. The summed E-state index contributed by atoms with van der Waals surface area (Å²) in [7, 11) is 4.18. The van der Waals surface area contributed by atoms with Gasteiger partial charge in [0.25, 0.3) is 5.91 Å². The number of nitrogens with zero attached hydrogens (tertiary/aromatic N) is 3. The molecule has 6 nitrogen and oxygen atoms in total. The standard InChI is InChI=1S/C17H25N5O/c1-12-6-7-19-15(12)17(23)20-9-13-5-4-8-21(2)16(13)14-10-18-11-22(14)3/h6-7,10-11,13,16,19H,4-5,8-9H2,1-3H3,(H,20,23)/t13-,16+/m0/s1. The zero-order valence-corrected chi connectivity index (χ0v) is 14.0. The van der Waals surface area contributed by atoms with E-state index >= 15 is 0 Å². The van der Waals surface area contributed by atoms with Gasteiger partial charge in [0.05, 0.1) is 18.1 Å². The molecule has 2 aromatic heterocycles. The minimum absolute atomic E-state index is 0.0236. The minimum atomic E-state index is -0.0236. The van der Waals surface area contributed by atoms with E-state index in [1.54, 1.807) is 6.20 Å². The molecule has 0 aliphatic carbocycles. The van der Waals surface area contributed by atoms with Crippen molar-refractivity contribution in [2.75, 3.05) is 20.1 Å². The molecule has 0 spiro atoms. The molecule has 0 unspecified atom stereocenters. The average molecular weight is 315 g/mol. The van der Waals surface area contributed by atoms with E-state index in [2.05, 4.69) is 31.8 Å². The van der Waals surface area contributed by atoms with Crippen LogP contribution in [0.3, 0.4) is 0 Å². The van der Waals surface area contributed by atoms with Gasteiger partial charge < -0.3 is 14.9 Å². The van der Waals surface area contributed by atoms with Gasteiger partial charge in [0.15, 0.2) is 0 Å². The first-order chi connectivity index (χ1) is 11.1. The fraction of sp³-hybridized carbons (Fsp3) is 0.529. The number of aromatic amines is 1. The molecule has 2 N–H and O–H groups in total. The summed E-state index contributed by atoms with van der Waals surface area (Å²) in [5.74, 6) is 0.368. The van der Waals surface area contributed by atoms with Gasteiger partial charge in [-0.3, -0.25) is 9.69 Å². The predicted octanol–water partition coefficient (Wildman–Crippen LogP) is 1.87. The molecule has 0 aromatic carbocycles. The molecule has 1 aliphatic rings. The van der Waals surface area contributed by atoms with Crippen molar-refractivity contribution in [3.05, 3.63) is 41.7 Å². The molecule has 2 atom stereocenters. The molecule has 3 heterocycles. The van der Waals surface area contributed by atoms with Crippen LogP contribution in [0.5, 0.6) is 0 Å². The number of piperidine rings is 1. The summed E-state index contributed by atoms with van der Waals surface area (Å²) in [5, 5.41) is 3.10. The van der Waals surface area contributed by atoms with Gasteiger partial charge in [0.1, 0.15) is 5.69 Å². The Hall–Kier alpha value is -2.08. The summed E-state index contributed by atoms with van der Waals surface area (Å²) in [5.41, 5.74) is 2.85. The van der Waals surface area contributed by atoms with E-state index < -0.39 is 0 Å². The molecule has 0 bridgehead atoms. The summed E-state index contributed by atoms with van der Waals surface area (Å²) in [4.78, 5) is 22.0. The third-order valence-corrected chi connectivity index (χ3v) is 4.87. The van der Waals surface area contributed by atoms with Gasteiger partial charge in [0, 0.05) is 26.0 Å². The second kappa shape index (κ2) is 6.58. The third-order valence-electron chi connectivity index (χ3n) is 4.87. The molecule has 1 saturated heterocycles. The van der Waals surface area contributed by atoms with Gasteiger partial charge in [-0.25, -0.2) is 4.98 Å². The maximum atomic E-state index is 12.3. The first-order valence-corrected chi connectivity index (χ1v) is 8.16. The number of aryl methyl sites for hydroxylation is 2. The van der Waals surface area contributed by atoms with E-state index in [1.807, 2.05) is 32.6 Å². The Labute approximate surface area is 136 Å². The highest BCUT2D eigenvalue weighted by Crippen LogP contribution is 2.34. The van der Waals surface area contributed by atoms with Crippen LogP contribution < -0.4 is 5.32 Å². The number of aromatic nitrogens is 3. The van der Waals surface area contributed by atoms with Crippen LogP contribution in [0.4, 0.5) is 0 Å².